The lowest BCUT2D eigenvalue weighted by Gasteiger charge is -2.14. The highest BCUT2D eigenvalue weighted by Crippen LogP contribution is 2.35. The minimum Gasteiger partial charge on any atom is -0.490 e. The molecule has 0 saturated carbocycles. The quantitative estimate of drug-likeness (QED) is 0.244. The van der Waals surface area contributed by atoms with Crippen LogP contribution in [0.4, 0.5) is 10.1 Å². The summed E-state index contributed by atoms with van der Waals surface area (Å²) in [5, 5.41) is 12.8. The summed E-state index contributed by atoms with van der Waals surface area (Å²) in [7, 11) is 0. The maximum absolute atomic E-state index is 13.1. The van der Waals surface area contributed by atoms with Crippen molar-refractivity contribution in [3.63, 3.8) is 0 Å². The average Bonchev–Trinajstić information content (AvgIpc) is 2.81. The van der Waals surface area contributed by atoms with E-state index in [1.165, 1.54) is 18.2 Å². The van der Waals surface area contributed by atoms with E-state index in [0.29, 0.717) is 38.9 Å². The Labute approximate surface area is 210 Å². The summed E-state index contributed by atoms with van der Waals surface area (Å²) in [6.45, 7) is 4.29. The molecule has 174 valence electrons. The lowest BCUT2D eigenvalue weighted by Crippen LogP contribution is -2.13. The van der Waals surface area contributed by atoms with E-state index in [2.05, 4.69) is 21.2 Å². The third-order valence-electron chi connectivity index (χ3n) is 4.77. The van der Waals surface area contributed by atoms with Crippen LogP contribution in [0.5, 0.6) is 11.5 Å². The number of hydrogen-bond donors (Lipinski definition) is 1. The van der Waals surface area contributed by atoms with Gasteiger partial charge in [-0.1, -0.05) is 45.7 Å². The molecule has 0 atom stereocenters. The minimum atomic E-state index is -0.566. The summed E-state index contributed by atoms with van der Waals surface area (Å²) in [6.07, 6.45) is 1.46. The molecule has 3 aromatic carbocycles. The number of nitriles is 1. The first-order chi connectivity index (χ1) is 16.3. The first-order valence-electron chi connectivity index (χ1n) is 10.3. The van der Waals surface area contributed by atoms with Crippen molar-refractivity contribution in [1.82, 2.24) is 0 Å². The molecule has 0 spiro atoms. The number of ether oxygens (including phenoxy) is 2. The largest absolute Gasteiger partial charge is 0.490 e. The fraction of sp³-hybridized carbons (Fsp3) is 0.154. The standard InChI is InChI=1S/C26H21BrClFN2O3/c1-3-33-24-11-18(22(27)13-25(24)34-15-17-5-7-20(29)8-6-17)10-19(14-30)26(32)31-21-9-4-16(2)23(28)12-21/h4-13H,3,15H2,1-2H3,(H,31,32)/b19-10-. The fourth-order valence-electron chi connectivity index (χ4n) is 2.96. The number of anilines is 1. The van der Waals surface area contributed by atoms with Crippen LogP contribution < -0.4 is 14.8 Å². The molecule has 0 aromatic heterocycles. The molecule has 8 heteroatoms. The molecule has 0 radical (unpaired) electrons. The van der Waals surface area contributed by atoms with Crippen molar-refractivity contribution in [3.05, 3.63) is 92.2 Å². The zero-order chi connectivity index (χ0) is 24.7. The Morgan fingerprint density at radius 3 is 2.50 bits per heavy atom. The second kappa shape index (κ2) is 11.7. The monoisotopic (exact) mass is 542 g/mol. The summed E-state index contributed by atoms with van der Waals surface area (Å²) in [5.41, 5.74) is 2.62. The highest BCUT2D eigenvalue weighted by atomic mass is 79.9. The smallest absolute Gasteiger partial charge is 0.266 e. The maximum atomic E-state index is 13.1. The third kappa shape index (κ3) is 6.60. The molecule has 0 fully saturated rings. The van der Waals surface area contributed by atoms with E-state index in [9.17, 15) is 14.4 Å². The van der Waals surface area contributed by atoms with Crippen LogP contribution in [0, 0.1) is 24.1 Å². The van der Waals surface area contributed by atoms with Gasteiger partial charge < -0.3 is 14.8 Å². The molecule has 3 aromatic rings. The predicted molar refractivity (Wildman–Crippen MR) is 134 cm³/mol. The molecule has 0 aliphatic carbocycles. The lowest BCUT2D eigenvalue weighted by molar-refractivity contribution is -0.112. The van der Waals surface area contributed by atoms with Gasteiger partial charge in [-0.15, -0.1) is 0 Å². The van der Waals surface area contributed by atoms with Gasteiger partial charge in [0.15, 0.2) is 11.5 Å². The zero-order valence-electron chi connectivity index (χ0n) is 18.5. The molecule has 0 heterocycles. The number of nitrogens with zero attached hydrogens (tertiary/aromatic N) is 1. The van der Waals surface area contributed by atoms with Gasteiger partial charge in [-0.05, 0) is 73.0 Å². The lowest BCUT2D eigenvalue weighted by atomic mass is 10.1. The van der Waals surface area contributed by atoms with E-state index in [4.69, 9.17) is 21.1 Å². The minimum absolute atomic E-state index is 0.0974. The van der Waals surface area contributed by atoms with Crippen molar-refractivity contribution < 1.29 is 18.7 Å². The second-order valence-electron chi connectivity index (χ2n) is 7.26. The van der Waals surface area contributed by atoms with Crippen LogP contribution in [0.2, 0.25) is 5.02 Å². The molecule has 3 rings (SSSR count). The van der Waals surface area contributed by atoms with Crippen molar-refractivity contribution in [2.24, 2.45) is 0 Å². The van der Waals surface area contributed by atoms with Gasteiger partial charge in [0, 0.05) is 15.2 Å². The Hall–Kier alpha value is -3.34. The van der Waals surface area contributed by atoms with Crippen LogP contribution in [0.1, 0.15) is 23.6 Å². The molecule has 0 unspecified atom stereocenters. The van der Waals surface area contributed by atoms with E-state index in [1.807, 2.05) is 19.9 Å². The van der Waals surface area contributed by atoms with Crippen LogP contribution in [-0.2, 0) is 11.4 Å². The number of benzene rings is 3. The number of rotatable bonds is 8. The molecule has 0 saturated heterocycles. The van der Waals surface area contributed by atoms with Gasteiger partial charge >= 0.3 is 0 Å². The molecular weight excluding hydrogens is 523 g/mol. The Morgan fingerprint density at radius 1 is 1.15 bits per heavy atom. The molecule has 0 aliphatic rings. The Balaban J connectivity index is 1.84. The van der Waals surface area contributed by atoms with E-state index in [1.54, 1.807) is 42.5 Å². The summed E-state index contributed by atoms with van der Waals surface area (Å²) >= 11 is 9.59. The molecule has 5 nitrogen and oxygen atoms in total. The van der Waals surface area contributed by atoms with Gasteiger partial charge in [-0.2, -0.15) is 5.26 Å². The number of carbonyl (C=O) groups excluding carboxylic acids is 1. The predicted octanol–water partition coefficient (Wildman–Crippen LogP) is 7.07. The van der Waals surface area contributed by atoms with Crippen molar-refractivity contribution in [3.8, 4) is 17.6 Å². The summed E-state index contributed by atoms with van der Waals surface area (Å²) < 4.78 is 25.3. The third-order valence-corrected chi connectivity index (χ3v) is 5.86. The fourth-order valence-corrected chi connectivity index (χ4v) is 3.57. The molecule has 34 heavy (non-hydrogen) atoms. The van der Waals surface area contributed by atoms with Gasteiger partial charge in [0.2, 0.25) is 0 Å². The molecule has 0 bridgehead atoms. The maximum Gasteiger partial charge on any atom is 0.266 e. The Kier molecular flexibility index (Phi) is 8.69. The van der Waals surface area contributed by atoms with Gasteiger partial charge in [0.1, 0.15) is 24.1 Å². The Morgan fingerprint density at radius 2 is 1.85 bits per heavy atom. The second-order valence-corrected chi connectivity index (χ2v) is 8.52. The molecule has 0 aliphatic heterocycles. The van der Waals surface area contributed by atoms with Crippen molar-refractivity contribution in [1.29, 1.82) is 5.26 Å². The number of carbonyl (C=O) groups is 1. The number of amides is 1. The zero-order valence-corrected chi connectivity index (χ0v) is 20.8. The van der Waals surface area contributed by atoms with Crippen molar-refractivity contribution >= 4 is 45.2 Å². The summed E-state index contributed by atoms with van der Waals surface area (Å²) in [6, 6.07) is 16.4. The highest BCUT2D eigenvalue weighted by Gasteiger charge is 2.15. The van der Waals surface area contributed by atoms with Crippen LogP contribution in [0.3, 0.4) is 0 Å². The molecule has 1 N–H and O–H groups in total. The highest BCUT2D eigenvalue weighted by molar-refractivity contribution is 9.10. The Bertz CT molecular complexity index is 1270. The van der Waals surface area contributed by atoms with Crippen LogP contribution in [0.15, 0.2) is 64.6 Å². The average molecular weight is 544 g/mol. The first kappa shape index (κ1) is 25.3. The normalized spacial score (nSPS) is 11.0. The van der Waals surface area contributed by atoms with Gasteiger partial charge in [0.05, 0.1) is 6.61 Å². The summed E-state index contributed by atoms with van der Waals surface area (Å²) in [4.78, 5) is 12.7. The van der Waals surface area contributed by atoms with Crippen LogP contribution in [-0.4, -0.2) is 12.5 Å². The van der Waals surface area contributed by atoms with Crippen LogP contribution in [0.25, 0.3) is 6.08 Å². The van der Waals surface area contributed by atoms with Gasteiger partial charge in [-0.25, -0.2) is 4.39 Å². The van der Waals surface area contributed by atoms with E-state index < -0.39 is 5.91 Å². The van der Waals surface area contributed by atoms with Gasteiger partial charge in [-0.3, -0.25) is 4.79 Å². The first-order valence-corrected chi connectivity index (χ1v) is 11.5. The SMILES string of the molecule is CCOc1cc(/C=C(/C#N)C(=O)Nc2ccc(C)c(Cl)c2)c(Br)cc1OCc1ccc(F)cc1. The van der Waals surface area contributed by atoms with Gasteiger partial charge in [0.25, 0.3) is 5.91 Å². The molecular formula is C26H21BrClFN2O3. The van der Waals surface area contributed by atoms with Crippen molar-refractivity contribution in [2.45, 2.75) is 20.5 Å². The summed E-state index contributed by atoms with van der Waals surface area (Å²) in [5.74, 6) is 0.0268. The van der Waals surface area contributed by atoms with Crippen LogP contribution >= 0.6 is 27.5 Å². The number of aryl methyl sites for hydroxylation is 1. The topological polar surface area (TPSA) is 71.3 Å². The molecule has 1 amide bonds. The van der Waals surface area contributed by atoms with Crippen molar-refractivity contribution in [2.75, 3.05) is 11.9 Å². The van der Waals surface area contributed by atoms with E-state index in [0.717, 1.165) is 11.1 Å². The van der Waals surface area contributed by atoms with E-state index in [-0.39, 0.29) is 18.0 Å². The van der Waals surface area contributed by atoms with E-state index >= 15 is 0 Å². The number of hydrogen-bond acceptors (Lipinski definition) is 4. The number of halogens is 3. The number of nitrogens with one attached hydrogen (secondary N) is 1.